The zero-order valence-electron chi connectivity index (χ0n) is 6.51. The number of aromatic nitrogens is 3. The predicted molar refractivity (Wildman–Crippen MR) is 42.9 cm³/mol. The molecule has 13 heavy (non-hydrogen) atoms. The first-order valence-electron chi connectivity index (χ1n) is 3.53. The average Bonchev–Trinajstić information content (AvgIpc) is 2.71. The zero-order chi connectivity index (χ0) is 9.10. The van der Waals surface area contributed by atoms with E-state index < -0.39 is 0 Å². The fourth-order valence-corrected chi connectivity index (χ4v) is 0.906. The van der Waals surface area contributed by atoms with Gasteiger partial charge in [-0.3, -0.25) is 15.7 Å². The van der Waals surface area contributed by atoms with Gasteiger partial charge >= 0.3 is 0 Å². The standard InChI is InChI=1S/C7H6N4O2/c12-10-5-1-2-8-6(3-5)7-9-4-13-11-7/h1-4,12H,(H,8,10). The van der Waals surface area contributed by atoms with Gasteiger partial charge in [0.25, 0.3) is 0 Å². The Labute approximate surface area is 73.2 Å². The largest absolute Gasteiger partial charge is 0.342 e. The zero-order valence-corrected chi connectivity index (χ0v) is 6.51. The van der Waals surface area contributed by atoms with E-state index in [1.165, 1.54) is 12.6 Å². The van der Waals surface area contributed by atoms with Gasteiger partial charge in [0.15, 0.2) is 0 Å². The third kappa shape index (κ3) is 1.47. The number of nitrogens with zero attached hydrogens (tertiary/aromatic N) is 3. The van der Waals surface area contributed by atoms with Gasteiger partial charge in [0, 0.05) is 6.20 Å². The van der Waals surface area contributed by atoms with Gasteiger partial charge in [-0.15, -0.1) is 0 Å². The molecule has 0 saturated carbocycles. The Kier molecular flexibility index (Phi) is 1.89. The van der Waals surface area contributed by atoms with Crippen LogP contribution in [0.5, 0.6) is 0 Å². The first kappa shape index (κ1) is 7.69. The number of nitrogens with one attached hydrogen (secondary N) is 1. The molecule has 0 atom stereocenters. The maximum Gasteiger partial charge on any atom is 0.220 e. The van der Waals surface area contributed by atoms with Crippen LogP contribution in [-0.2, 0) is 0 Å². The molecule has 0 spiro atoms. The van der Waals surface area contributed by atoms with E-state index in [-0.39, 0.29) is 0 Å². The Morgan fingerprint density at radius 3 is 3.00 bits per heavy atom. The molecule has 0 aromatic carbocycles. The van der Waals surface area contributed by atoms with Gasteiger partial charge in [-0.2, -0.15) is 4.98 Å². The summed E-state index contributed by atoms with van der Waals surface area (Å²) in [6, 6.07) is 3.22. The molecule has 0 bridgehead atoms. The molecule has 0 amide bonds. The van der Waals surface area contributed by atoms with Crippen LogP contribution in [0.1, 0.15) is 0 Å². The summed E-state index contributed by atoms with van der Waals surface area (Å²) >= 11 is 0. The van der Waals surface area contributed by atoms with E-state index >= 15 is 0 Å². The molecular weight excluding hydrogens is 172 g/mol. The molecule has 66 valence electrons. The highest BCUT2D eigenvalue weighted by molar-refractivity contribution is 5.55. The van der Waals surface area contributed by atoms with Crippen molar-refractivity contribution in [3.63, 3.8) is 0 Å². The van der Waals surface area contributed by atoms with Crippen LogP contribution < -0.4 is 5.48 Å². The highest BCUT2D eigenvalue weighted by Crippen LogP contribution is 2.14. The minimum absolute atomic E-state index is 0.386. The molecule has 0 aliphatic heterocycles. The number of hydrogen-bond acceptors (Lipinski definition) is 6. The third-order valence-electron chi connectivity index (χ3n) is 1.48. The lowest BCUT2D eigenvalue weighted by Crippen LogP contribution is -1.91. The van der Waals surface area contributed by atoms with Crippen molar-refractivity contribution in [1.29, 1.82) is 0 Å². The van der Waals surface area contributed by atoms with Gasteiger partial charge in [-0.1, -0.05) is 5.16 Å². The summed E-state index contributed by atoms with van der Waals surface area (Å²) in [7, 11) is 0. The van der Waals surface area contributed by atoms with Crippen molar-refractivity contribution in [3.05, 3.63) is 24.7 Å². The molecule has 0 unspecified atom stereocenters. The number of hydrogen-bond donors (Lipinski definition) is 2. The van der Waals surface area contributed by atoms with E-state index in [1.54, 1.807) is 12.1 Å². The van der Waals surface area contributed by atoms with E-state index in [1.807, 2.05) is 5.48 Å². The molecule has 0 saturated heterocycles. The summed E-state index contributed by atoms with van der Waals surface area (Å²) in [6.07, 6.45) is 2.75. The van der Waals surface area contributed by atoms with Gasteiger partial charge < -0.3 is 4.52 Å². The fraction of sp³-hybridized carbons (Fsp3) is 0. The molecular formula is C7H6N4O2. The second-order valence-corrected chi connectivity index (χ2v) is 2.30. The van der Waals surface area contributed by atoms with E-state index in [9.17, 15) is 0 Å². The maximum absolute atomic E-state index is 8.62. The molecule has 2 rings (SSSR count). The lowest BCUT2D eigenvalue weighted by Gasteiger charge is -1.98. The molecule has 0 aliphatic rings. The second kappa shape index (κ2) is 3.20. The summed E-state index contributed by atoms with van der Waals surface area (Å²) in [5, 5.41) is 12.2. The number of pyridine rings is 1. The summed E-state index contributed by atoms with van der Waals surface area (Å²) in [5.74, 6) is 0.386. The lowest BCUT2D eigenvalue weighted by atomic mass is 10.3. The van der Waals surface area contributed by atoms with Crippen molar-refractivity contribution in [2.45, 2.75) is 0 Å². The minimum Gasteiger partial charge on any atom is -0.342 e. The molecule has 2 N–H and O–H groups in total. The summed E-state index contributed by atoms with van der Waals surface area (Å²) < 4.78 is 4.56. The van der Waals surface area contributed by atoms with E-state index in [2.05, 4.69) is 19.6 Å². The highest BCUT2D eigenvalue weighted by Gasteiger charge is 2.04. The van der Waals surface area contributed by atoms with Gasteiger partial charge in [0.2, 0.25) is 12.2 Å². The molecule has 6 nitrogen and oxygen atoms in total. The van der Waals surface area contributed by atoms with Crippen LogP contribution in [0, 0.1) is 0 Å². The third-order valence-corrected chi connectivity index (χ3v) is 1.48. The van der Waals surface area contributed by atoms with Crippen LogP contribution >= 0.6 is 0 Å². The molecule has 0 fully saturated rings. The van der Waals surface area contributed by atoms with Crippen molar-refractivity contribution < 1.29 is 9.73 Å². The molecule has 6 heteroatoms. The van der Waals surface area contributed by atoms with Crippen LogP contribution in [0.2, 0.25) is 0 Å². The van der Waals surface area contributed by atoms with Crippen molar-refractivity contribution in [2.75, 3.05) is 5.48 Å². The lowest BCUT2D eigenvalue weighted by molar-refractivity contribution is 0.389. The van der Waals surface area contributed by atoms with Gasteiger partial charge in [-0.25, -0.2) is 0 Å². The van der Waals surface area contributed by atoms with E-state index in [0.717, 1.165) is 0 Å². The molecule has 2 aromatic heterocycles. The summed E-state index contributed by atoms with van der Waals surface area (Å²) in [6.45, 7) is 0. The topological polar surface area (TPSA) is 84.1 Å². The van der Waals surface area contributed by atoms with Gasteiger partial charge in [0.05, 0.1) is 5.69 Å². The molecule has 0 aliphatic carbocycles. The summed E-state index contributed by atoms with van der Waals surface area (Å²) in [4.78, 5) is 7.81. The van der Waals surface area contributed by atoms with E-state index in [4.69, 9.17) is 5.21 Å². The van der Waals surface area contributed by atoms with Crippen molar-refractivity contribution in [2.24, 2.45) is 0 Å². The fourth-order valence-electron chi connectivity index (χ4n) is 0.906. The van der Waals surface area contributed by atoms with E-state index in [0.29, 0.717) is 17.2 Å². The monoisotopic (exact) mass is 178 g/mol. The van der Waals surface area contributed by atoms with Gasteiger partial charge in [0.1, 0.15) is 5.69 Å². The molecule has 2 heterocycles. The van der Waals surface area contributed by atoms with Crippen LogP contribution in [0.4, 0.5) is 5.69 Å². The first-order chi connectivity index (χ1) is 6.40. The smallest absolute Gasteiger partial charge is 0.220 e. The van der Waals surface area contributed by atoms with Crippen molar-refractivity contribution in [3.8, 4) is 11.5 Å². The normalized spacial score (nSPS) is 9.92. The van der Waals surface area contributed by atoms with Crippen LogP contribution in [0.15, 0.2) is 29.2 Å². The van der Waals surface area contributed by atoms with Crippen molar-refractivity contribution >= 4 is 5.69 Å². The second-order valence-electron chi connectivity index (χ2n) is 2.30. The Bertz CT molecular complexity index is 387. The Morgan fingerprint density at radius 1 is 1.38 bits per heavy atom. The van der Waals surface area contributed by atoms with Crippen LogP contribution in [0.25, 0.3) is 11.5 Å². The predicted octanol–water partition coefficient (Wildman–Crippen LogP) is 0.933. The SMILES string of the molecule is ONc1ccnc(-c2ncon2)c1. The van der Waals surface area contributed by atoms with Crippen molar-refractivity contribution in [1.82, 2.24) is 15.1 Å². The minimum atomic E-state index is 0.386. The average molecular weight is 178 g/mol. The Balaban J connectivity index is 2.41. The quantitative estimate of drug-likeness (QED) is 0.665. The van der Waals surface area contributed by atoms with Crippen LogP contribution in [-0.4, -0.2) is 20.3 Å². The Morgan fingerprint density at radius 2 is 2.31 bits per heavy atom. The van der Waals surface area contributed by atoms with Crippen LogP contribution in [0.3, 0.4) is 0 Å². The first-order valence-corrected chi connectivity index (χ1v) is 3.53. The Hall–Kier alpha value is -1.95. The van der Waals surface area contributed by atoms with Gasteiger partial charge in [-0.05, 0) is 12.1 Å². The highest BCUT2D eigenvalue weighted by atomic mass is 16.5. The molecule has 2 aromatic rings. The maximum atomic E-state index is 8.62. The number of rotatable bonds is 2. The summed E-state index contributed by atoms with van der Waals surface area (Å²) in [5.41, 5.74) is 3.06. The molecule has 0 radical (unpaired) electrons. The number of anilines is 1.